The number of aliphatic carboxylic acids is 1. The number of rotatable bonds is 5. The van der Waals surface area contributed by atoms with Crippen LogP contribution in [0.2, 0.25) is 0 Å². The highest BCUT2D eigenvalue weighted by atomic mass is 35.5. The molecule has 1 heterocycles. The third-order valence-electron chi connectivity index (χ3n) is 6.02. The second-order valence-corrected chi connectivity index (χ2v) is 7.68. The maximum atomic E-state index is 12.6. The molecule has 1 aliphatic carbocycles. The molecule has 5 nitrogen and oxygen atoms in total. The van der Waals surface area contributed by atoms with Gasteiger partial charge >= 0.3 is 5.97 Å². The van der Waals surface area contributed by atoms with E-state index in [0.29, 0.717) is 13.1 Å². The van der Waals surface area contributed by atoms with Crippen molar-refractivity contribution in [3.8, 4) is 11.1 Å². The molecule has 2 aromatic carbocycles. The van der Waals surface area contributed by atoms with E-state index in [1.165, 1.54) is 0 Å². The predicted molar refractivity (Wildman–Crippen MR) is 112 cm³/mol. The summed E-state index contributed by atoms with van der Waals surface area (Å²) in [6, 6.07) is 17.7. The molecule has 2 N–H and O–H groups in total. The summed E-state index contributed by atoms with van der Waals surface area (Å²) in [4.78, 5) is 26.4. The van der Waals surface area contributed by atoms with Crippen molar-refractivity contribution in [3.05, 3.63) is 54.6 Å². The lowest BCUT2D eigenvalue weighted by Crippen LogP contribution is -2.37. The van der Waals surface area contributed by atoms with Gasteiger partial charge in [0.15, 0.2) is 0 Å². The van der Waals surface area contributed by atoms with Crippen LogP contribution in [0.1, 0.15) is 19.3 Å². The lowest BCUT2D eigenvalue weighted by molar-refractivity contribution is -0.149. The molecule has 0 bridgehead atoms. The Hall–Kier alpha value is -2.37. The van der Waals surface area contributed by atoms with Crippen molar-refractivity contribution in [2.24, 2.45) is 11.3 Å². The Morgan fingerprint density at radius 2 is 1.82 bits per heavy atom. The normalized spacial score (nSPS) is 23.6. The van der Waals surface area contributed by atoms with Gasteiger partial charge in [0.1, 0.15) is 0 Å². The van der Waals surface area contributed by atoms with Gasteiger partial charge in [-0.2, -0.15) is 0 Å². The molecule has 0 aromatic heterocycles. The van der Waals surface area contributed by atoms with Gasteiger partial charge in [-0.05, 0) is 30.4 Å². The maximum Gasteiger partial charge on any atom is 0.311 e. The zero-order valence-corrected chi connectivity index (χ0v) is 16.5. The van der Waals surface area contributed by atoms with Crippen LogP contribution in [0, 0.1) is 11.3 Å². The highest BCUT2D eigenvalue weighted by molar-refractivity contribution is 5.96. The van der Waals surface area contributed by atoms with E-state index in [1.54, 1.807) is 0 Å². The minimum atomic E-state index is -0.706. The van der Waals surface area contributed by atoms with E-state index in [-0.39, 0.29) is 30.8 Å². The Labute approximate surface area is 171 Å². The molecule has 4 rings (SSSR count). The molecule has 6 heteroatoms. The summed E-state index contributed by atoms with van der Waals surface area (Å²) in [5.41, 5.74) is 2.16. The van der Waals surface area contributed by atoms with Crippen LogP contribution in [0.25, 0.3) is 11.1 Å². The number of likely N-dealkylation sites (tertiary alicyclic amines) is 1. The predicted octanol–water partition coefficient (Wildman–Crippen LogP) is 3.90. The van der Waals surface area contributed by atoms with Crippen LogP contribution in [-0.4, -0.2) is 41.5 Å². The highest BCUT2D eigenvalue weighted by Crippen LogP contribution is 2.48. The number of nitrogens with zero attached hydrogens (tertiary/aromatic N) is 1. The topological polar surface area (TPSA) is 69.6 Å². The quantitative estimate of drug-likeness (QED) is 0.798. The minimum Gasteiger partial charge on any atom is -0.481 e. The molecule has 2 fully saturated rings. The minimum absolute atomic E-state index is 0. The van der Waals surface area contributed by atoms with Crippen LogP contribution < -0.4 is 5.32 Å². The average Bonchev–Trinajstić information content (AvgIpc) is 3.21. The van der Waals surface area contributed by atoms with E-state index in [9.17, 15) is 14.7 Å². The Balaban J connectivity index is 0.00000225. The van der Waals surface area contributed by atoms with Crippen LogP contribution in [0.4, 0.5) is 5.69 Å². The summed E-state index contributed by atoms with van der Waals surface area (Å²) >= 11 is 0. The van der Waals surface area contributed by atoms with Gasteiger partial charge in [0.25, 0.3) is 0 Å². The standard InChI is InChI=1S/C22H24N2O3.ClH/c25-20(14-24-13-17-9-6-12-22(17,15-24)21(26)27)23-19-11-5-4-10-18(19)16-7-2-1-3-8-16;/h1-5,7-8,10-11,17H,6,9,12-15H2,(H,23,25)(H,26,27);1H/t17-,22+;/m0./s1. The maximum absolute atomic E-state index is 12.6. The van der Waals surface area contributed by atoms with Gasteiger partial charge < -0.3 is 10.4 Å². The summed E-state index contributed by atoms with van der Waals surface area (Å²) in [6.07, 6.45) is 2.64. The first-order valence-electron chi connectivity index (χ1n) is 9.48. The van der Waals surface area contributed by atoms with Crippen molar-refractivity contribution in [3.63, 3.8) is 0 Å². The molecule has 2 aliphatic rings. The van der Waals surface area contributed by atoms with Gasteiger partial charge in [-0.1, -0.05) is 55.0 Å². The van der Waals surface area contributed by atoms with E-state index < -0.39 is 11.4 Å². The number of para-hydroxylation sites is 1. The molecule has 2 atom stereocenters. The van der Waals surface area contributed by atoms with Crippen molar-refractivity contribution in [2.75, 3.05) is 25.0 Å². The van der Waals surface area contributed by atoms with Gasteiger partial charge in [0.05, 0.1) is 12.0 Å². The second-order valence-electron chi connectivity index (χ2n) is 7.68. The molecule has 0 unspecified atom stereocenters. The van der Waals surface area contributed by atoms with E-state index in [4.69, 9.17) is 0 Å². The van der Waals surface area contributed by atoms with E-state index in [0.717, 1.165) is 36.1 Å². The number of nitrogens with one attached hydrogen (secondary N) is 1. The molecule has 1 amide bonds. The van der Waals surface area contributed by atoms with E-state index in [1.807, 2.05) is 59.5 Å². The highest BCUT2D eigenvalue weighted by Gasteiger charge is 2.54. The van der Waals surface area contributed by atoms with Crippen LogP contribution in [0.15, 0.2) is 54.6 Å². The van der Waals surface area contributed by atoms with Crippen LogP contribution in [0.3, 0.4) is 0 Å². The van der Waals surface area contributed by atoms with E-state index in [2.05, 4.69) is 5.32 Å². The van der Waals surface area contributed by atoms with E-state index >= 15 is 0 Å². The molecular formula is C22H25ClN2O3. The number of hydrogen-bond donors (Lipinski definition) is 2. The van der Waals surface area contributed by atoms with Gasteiger partial charge in [0.2, 0.25) is 5.91 Å². The zero-order valence-electron chi connectivity index (χ0n) is 15.6. The molecule has 1 saturated carbocycles. The largest absolute Gasteiger partial charge is 0.481 e. The molecule has 0 radical (unpaired) electrons. The van der Waals surface area contributed by atoms with Crippen molar-refractivity contribution >= 4 is 30.0 Å². The molecule has 2 aromatic rings. The average molecular weight is 401 g/mol. The number of amides is 1. The smallest absolute Gasteiger partial charge is 0.311 e. The second kappa shape index (κ2) is 8.33. The number of fused-ring (bicyclic) bond motifs is 1. The number of carboxylic acid groups (broad SMARTS) is 1. The van der Waals surface area contributed by atoms with Gasteiger partial charge in [-0.25, -0.2) is 0 Å². The molecular weight excluding hydrogens is 376 g/mol. The Morgan fingerprint density at radius 3 is 2.54 bits per heavy atom. The van der Waals surface area contributed by atoms with Crippen LogP contribution in [0.5, 0.6) is 0 Å². The van der Waals surface area contributed by atoms with Gasteiger partial charge in [-0.15, -0.1) is 12.4 Å². The first kappa shape index (κ1) is 20.4. The lowest BCUT2D eigenvalue weighted by Gasteiger charge is -2.23. The van der Waals surface area contributed by atoms with Crippen molar-refractivity contribution in [1.29, 1.82) is 0 Å². The summed E-state index contributed by atoms with van der Waals surface area (Å²) in [7, 11) is 0. The number of carbonyl (C=O) groups is 2. The van der Waals surface area contributed by atoms with Crippen LogP contribution >= 0.6 is 12.4 Å². The SMILES string of the molecule is Cl.O=C(CN1C[C@@H]2CCC[C@@]2(C(=O)O)C1)Nc1ccccc1-c1ccccc1. The van der Waals surface area contributed by atoms with Crippen molar-refractivity contribution < 1.29 is 14.7 Å². The summed E-state index contributed by atoms with van der Waals surface area (Å²) < 4.78 is 0. The zero-order chi connectivity index (χ0) is 18.9. The summed E-state index contributed by atoms with van der Waals surface area (Å²) in [6.45, 7) is 1.40. The molecule has 28 heavy (non-hydrogen) atoms. The number of anilines is 1. The van der Waals surface area contributed by atoms with Crippen molar-refractivity contribution in [1.82, 2.24) is 4.90 Å². The fourth-order valence-electron chi connectivity index (χ4n) is 4.72. The van der Waals surface area contributed by atoms with Crippen LogP contribution in [-0.2, 0) is 9.59 Å². The Morgan fingerprint density at radius 1 is 1.11 bits per heavy atom. The molecule has 1 saturated heterocycles. The summed E-state index contributed by atoms with van der Waals surface area (Å²) in [5, 5.41) is 12.7. The van der Waals surface area contributed by atoms with Gasteiger partial charge in [-0.3, -0.25) is 14.5 Å². The molecule has 0 spiro atoms. The first-order chi connectivity index (χ1) is 13.1. The Kier molecular flexibility index (Phi) is 6.06. The third kappa shape index (κ3) is 3.77. The fraction of sp³-hybridized carbons (Fsp3) is 0.364. The number of halogens is 1. The third-order valence-corrected chi connectivity index (χ3v) is 6.02. The number of benzene rings is 2. The first-order valence-corrected chi connectivity index (χ1v) is 9.48. The lowest BCUT2D eigenvalue weighted by atomic mass is 9.81. The van der Waals surface area contributed by atoms with Crippen molar-refractivity contribution in [2.45, 2.75) is 19.3 Å². The number of carbonyl (C=O) groups excluding carboxylic acids is 1. The summed E-state index contributed by atoms with van der Waals surface area (Å²) in [5.74, 6) is -0.638. The fourth-order valence-corrected chi connectivity index (χ4v) is 4.72. The Bertz CT molecular complexity index is 858. The number of hydrogen-bond acceptors (Lipinski definition) is 3. The number of carboxylic acids is 1. The molecule has 1 aliphatic heterocycles. The van der Waals surface area contributed by atoms with Gasteiger partial charge in [0, 0.05) is 24.3 Å². The molecule has 148 valence electrons. The monoisotopic (exact) mass is 400 g/mol.